The third-order valence-electron chi connectivity index (χ3n) is 5.60. The van der Waals surface area contributed by atoms with Crippen LogP contribution in [0.1, 0.15) is 23.2 Å². The van der Waals surface area contributed by atoms with Crippen LogP contribution in [0, 0.1) is 0 Å². The number of allylic oxidation sites excluding steroid dienone is 1. The maximum Gasteiger partial charge on any atom is 0.262 e. The van der Waals surface area contributed by atoms with E-state index in [1.807, 2.05) is 0 Å². The third kappa shape index (κ3) is 6.61. The summed E-state index contributed by atoms with van der Waals surface area (Å²) in [5.74, 6) is -0.273. The highest BCUT2D eigenvalue weighted by Crippen LogP contribution is 2.31. The number of carbonyl (C=O) groups is 1. The van der Waals surface area contributed by atoms with Crippen LogP contribution in [-0.4, -0.2) is 72.5 Å². The number of hydrogen-bond donors (Lipinski definition) is 3. The summed E-state index contributed by atoms with van der Waals surface area (Å²) >= 11 is 12.3. The number of nitrogens with zero attached hydrogens (tertiary/aromatic N) is 4. The van der Waals surface area contributed by atoms with Gasteiger partial charge in [0.05, 0.1) is 47.8 Å². The molecule has 4 rings (SSSR count). The van der Waals surface area contributed by atoms with E-state index in [0.29, 0.717) is 28.3 Å². The summed E-state index contributed by atoms with van der Waals surface area (Å²) in [5, 5.41) is 6.25. The lowest BCUT2D eigenvalue weighted by molar-refractivity contribution is -0.0258. The maximum absolute atomic E-state index is 12.8. The van der Waals surface area contributed by atoms with Gasteiger partial charge in [-0.15, -0.1) is 0 Å². The number of halogens is 2. The van der Waals surface area contributed by atoms with E-state index in [2.05, 4.69) is 30.5 Å². The van der Waals surface area contributed by atoms with E-state index >= 15 is 0 Å². The highest BCUT2D eigenvalue weighted by molar-refractivity contribution is 6.40. The van der Waals surface area contributed by atoms with Crippen LogP contribution >= 0.6 is 23.2 Å². The SMILES string of the molecule is COc1nc(N/C(C=NC[C@@H]2CN(C3CC3)CCO2)=C/N)ncc1C(=O)Nc1c(Cl)cccc1Cl. The first-order valence-corrected chi connectivity index (χ1v) is 11.9. The fourth-order valence-corrected chi connectivity index (χ4v) is 4.17. The maximum atomic E-state index is 12.8. The van der Waals surface area contributed by atoms with Gasteiger partial charge < -0.3 is 25.8 Å². The number of anilines is 2. The number of methoxy groups -OCH3 is 1. The lowest BCUT2D eigenvalue weighted by atomic mass is 10.2. The summed E-state index contributed by atoms with van der Waals surface area (Å²) in [6.07, 6.45) is 6.91. The van der Waals surface area contributed by atoms with Crippen molar-refractivity contribution in [3.63, 3.8) is 0 Å². The van der Waals surface area contributed by atoms with Gasteiger partial charge in [-0.3, -0.25) is 14.7 Å². The van der Waals surface area contributed by atoms with Gasteiger partial charge in [-0.25, -0.2) is 4.98 Å². The van der Waals surface area contributed by atoms with E-state index < -0.39 is 5.91 Å². The molecule has 2 heterocycles. The molecule has 0 spiro atoms. The summed E-state index contributed by atoms with van der Waals surface area (Å²) in [5.41, 5.74) is 6.63. The first-order valence-electron chi connectivity index (χ1n) is 11.2. The molecule has 186 valence electrons. The molecule has 12 heteroatoms. The number of rotatable bonds is 9. The Balaban J connectivity index is 1.37. The highest BCUT2D eigenvalue weighted by Gasteiger charge is 2.32. The van der Waals surface area contributed by atoms with Crippen molar-refractivity contribution in [3.05, 3.63) is 51.9 Å². The molecule has 1 saturated carbocycles. The van der Waals surface area contributed by atoms with Gasteiger partial charge in [-0.2, -0.15) is 4.98 Å². The van der Waals surface area contributed by atoms with Crippen molar-refractivity contribution in [3.8, 4) is 5.88 Å². The Morgan fingerprint density at radius 1 is 1.34 bits per heavy atom. The second-order valence-electron chi connectivity index (χ2n) is 8.13. The van der Waals surface area contributed by atoms with Crippen molar-refractivity contribution in [1.82, 2.24) is 14.9 Å². The molecular formula is C23H27Cl2N7O3. The molecule has 0 bridgehead atoms. The quantitative estimate of drug-likeness (QED) is 0.431. The van der Waals surface area contributed by atoms with Crippen LogP contribution in [0.25, 0.3) is 0 Å². The molecule has 4 N–H and O–H groups in total. The van der Waals surface area contributed by atoms with Gasteiger partial charge in [0.1, 0.15) is 5.56 Å². The molecule has 10 nitrogen and oxygen atoms in total. The Bertz CT molecular complexity index is 1100. The second-order valence-corrected chi connectivity index (χ2v) is 8.94. The fourth-order valence-electron chi connectivity index (χ4n) is 3.67. The Kier molecular flexibility index (Phi) is 8.40. The van der Waals surface area contributed by atoms with Gasteiger partial charge in [0, 0.05) is 37.7 Å². The summed E-state index contributed by atoms with van der Waals surface area (Å²) in [6.45, 7) is 3.13. The minimum Gasteiger partial charge on any atom is -0.480 e. The zero-order chi connectivity index (χ0) is 24.8. The molecule has 2 aliphatic rings. The lowest BCUT2D eigenvalue weighted by Gasteiger charge is -2.32. The fraction of sp³-hybridized carbons (Fsp3) is 0.391. The minimum absolute atomic E-state index is 0.0559. The zero-order valence-corrected chi connectivity index (χ0v) is 20.7. The van der Waals surface area contributed by atoms with E-state index in [0.717, 1.165) is 19.7 Å². The molecule has 2 fully saturated rings. The number of benzene rings is 1. The molecule has 2 aromatic rings. The molecule has 0 unspecified atom stereocenters. The van der Waals surface area contributed by atoms with E-state index in [-0.39, 0.29) is 29.2 Å². The van der Waals surface area contributed by atoms with Crippen LogP contribution in [-0.2, 0) is 4.74 Å². The zero-order valence-electron chi connectivity index (χ0n) is 19.2. The normalized spacial score (nSPS) is 19.1. The number of nitrogens with one attached hydrogen (secondary N) is 2. The molecule has 0 radical (unpaired) electrons. The van der Waals surface area contributed by atoms with Crippen LogP contribution in [0.5, 0.6) is 5.88 Å². The van der Waals surface area contributed by atoms with E-state index in [9.17, 15) is 4.79 Å². The number of morpholine rings is 1. The lowest BCUT2D eigenvalue weighted by Crippen LogP contribution is -2.44. The Labute approximate surface area is 213 Å². The number of nitrogens with two attached hydrogens (primary N) is 1. The first kappa shape index (κ1) is 25.2. The largest absolute Gasteiger partial charge is 0.480 e. The Morgan fingerprint density at radius 3 is 2.80 bits per heavy atom. The minimum atomic E-state index is -0.521. The van der Waals surface area contributed by atoms with Gasteiger partial charge in [-0.05, 0) is 25.0 Å². The number of aromatic nitrogens is 2. The predicted octanol–water partition coefficient (Wildman–Crippen LogP) is 3.19. The standard InChI is InChI=1S/C23H27Cl2N7O3/c1-34-22-17(21(33)30-20-18(24)3-2-4-19(20)25)12-28-23(31-22)29-14(9-26)10-27-11-16-13-32(7-8-35-16)15-5-6-15/h2-4,9-10,12,15-16H,5-8,11,13,26H2,1H3,(H,30,33)(H,28,29,31)/b14-9+,27-10?/t16-/m1/s1. The average Bonchev–Trinajstić information content (AvgIpc) is 3.71. The van der Waals surface area contributed by atoms with Gasteiger partial charge in [0.25, 0.3) is 5.91 Å². The summed E-state index contributed by atoms with van der Waals surface area (Å²) < 4.78 is 11.1. The monoisotopic (exact) mass is 519 g/mol. The molecule has 1 aliphatic carbocycles. The predicted molar refractivity (Wildman–Crippen MR) is 137 cm³/mol. The number of carbonyl (C=O) groups excluding carboxylic acids is 1. The third-order valence-corrected chi connectivity index (χ3v) is 6.23. The first-order chi connectivity index (χ1) is 17.0. The van der Waals surface area contributed by atoms with Gasteiger partial charge >= 0.3 is 0 Å². The van der Waals surface area contributed by atoms with E-state index in [1.165, 1.54) is 32.3 Å². The molecule has 1 saturated heterocycles. The van der Waals surface area contributed by atoms with Crippen molar-refractivity contribution in [1.29, 1.82) is 0 Å². The summed E-state index contributed by atoms with van der Waals surface area (Å²) in [4.78, 5) is 28.2. The van der Waals surface area contributed by atoms with Gasteiger partial charge in [0.15, 0.2) is 0 Å². The Hall–Kier alpha value is -2.92. The number of ether oxygens (including phenoxy) is 2. The summed E-state index contributed by atoms with van der Waals surface area (Å²) in [7, 11) is 1.40. The molecule has 35 heavy (non-hydrogen) atoms. The van der Waals surface area contributed by atoms with Crippen LogP contribution in [0.2, 0.25) is 10.0 Å². The Morgan fingerprint density at radius 2 is 2.11 bits per heavy atom. The van der Waals surface area contributed by atoms with E-state index in [4.69, 9.17) is 38.4 Å². The topological polar surface area (TPSA) is 127 Å². The van der Waals surface area contributed by atoms with Crippen molar-refractivity contribution >= 4 is 47.0 Å². The molecule has 1 aromatic heterocycles. The van der Waals surface area contributed by atoms with Crippen molar-refractivity contribution in [2.75, 3.05) is 44.0 Å². The van der Waals surface area contributed by atoms with Crippen LogP contribution < -0.4 is 21.1 Å². The molecule has 1 amide bonds. The second kappa shape index (κ2) is 11.7. The molecule has 1 atom stereocenters. The average molecular weight is 520 g/mol. The number of para-hydroxylation sites is 1. The van der Waals surface area contributed by atoms with E-state index in [1.54, 1.807) is 24.4 Å². The van der Waals surface area contributed by atoms with Gasteiger partial charge in [0.2, 0.25) is 11.8 Å². The highest BCUT2D eigenvalue weighted by atomic mass is 35.5. The van der Waals surface area contributed by atoms with Crippen LogP contribution in [0.4, 0.5) is 11.6 Å². The number of hydrogen-bond acceptors (Lipinski definition) is 9. The molecule has 1 aromatic carbocycles. The van der Waals surface area contributed by atoms with Crippen LogP contribution in [0.15, 0.2) is 41.3 Å². The summed E-state index contributed by atoms with van der Waals surface area (Å²) in [6, 6.07) is 5.64. The number of amides is 1. The molecule has 1 aliphatic heterocycles. The van der Waals surface area contributed by atoms with Crippen LogP contribution in [0.3, 0.4) is 0 Å². The smallest absolute Gasteiger partial charge is 0.262 e. The van der Waals surface area contributed by atoms with Crippen molar-refractivity contribution in [2.24, 2.45) is 10.7 Å². The number of aliphatic imine (C=N–C) groups is 1. The van der Waals surface area contributed by atoms with Crippen molar-refractivity contribution < 1.29 is 14.3 Å². The van der Waals surface area contributed by atoms with Gasteiger partial charge in [-0.1, -0.05) is 29.3 Å². The van der Waals surface area contributed by atoms with Crippen molar-refractivity contribution in [2.45, 2.75) is 25.0 Å². The molecular weight excluding hydrogens is 493 g/mol.